The maximum atomic E-state index is 2.60. The molecule has 1 nitrogen and oxygen atoms in total. The van der Waals surface area contributed by atoms with Crippen LogP contribution >= 0.6 is 0 Å². The third-order valence-corrected chi connectivity index (χ3v) is 18.6. The van der Waals surface area contributed by atoms with Crippen LogP contribution in [0.15, 0.2) is 249 Å². The van der Waals surface area contributed by atoms with E-state index < -0.39 is 5.41 Å². The molecule has 0 amide bonds. The van der Waals surface area contributed by atoms with Crippen LogP contribution in [0.1, 0.15) is 124 Å². The first-order chi connectivity index (χ1) is 41.0. The second-order valence-electron chi connectivity index (χ2n) is 26.2. The lowest BCUT2D eigenvalue weighted by Crippen LogP contribution is -2.29. The standard InChI is InChI=1S/C84H77N/c1-12-57-34-43-63(50-76(57)67-28-18-16-24-55(67)4)85(64-44-46-66(54(2)3)77(51-64)68-29-19-17-25-56(68)5)65-45-47-75-79(52-65)84(61-39-35-59(36-40-61)82(6,7)8,62-41-37-60(38-42-62)83(9,10)11)80-53-78(72-32-22-23-33-74(72)81(75)80)73-49-48-69(58-26-14-13-15-27-58)70-30-20-21-31-71(70)73/h13-54H,12H2,1-11H3. The number of hydrogen-bond acceptors (Lipinski definition) is 1. The smallest absolute Gasteiger partial charge is 0.0714 e. The number of anilines is 3. The van der Waals surface area contributed by atoms with Gasteiger partial charge in [-0.2, -0.15) is 0 Å². The third-order valence-electron chi connectivity index (χ3n) is 18.6. The van der Waals surface area contributed by atoms with E-state index in [9.17, 15) is 0 Å². The van der Waals surface area contributed by atoms with Crippen molar-refractivity contribution < 1.29 is 0 Å². The Hall–Kier alpha value is -9.04. The summed E-state index contributed by atoms with van der Waals surface area (Å²) in [6.45, 7) is 25.4. The zero-order valence-electron chi connectivity index (χ0n) is 51.4. The van der Waals surface area contributed by atoms with Gasteiger partial charge in [0.25, 0.3) is 0 Å². The minimum atomic E-state index is -0.760. The van der Waals surface area contributed by atoms with Crippen molar-refractivity contribution in [1.29, 1.82) is 0 Å². The van der Waals surface area contributed by atoms with Crippen LogP contribution in [0.2, 0.25) is 0 Å². The van der Waals surface area contributed by atoms with Crippen molar-refractivity contribution >= 4 is 38.6 Å². The summed E-state index contributed by atoms with van der Waals surface area (Å²) in [7, 11) is 0. The molecule has 1 aliphatic carbocycles. The van der Waals surface area contributed by atoms with E-state index in [-0.39, 0.29) is 10.8 Å². The van der Waals surface area contributed by atoms with Gasteiger partial charge in [0.05, 0.1) is 5.41 Å². The van der Waals surface area contributed by atoms with Gasteiger partial charge >= 0.3 is 0 Å². The van der Waals surface area contributed by atoms with Crippen molar-refractivity contribution in [3.63, 3.8) is 0 Å². The molecule has 0 heterocycles. The molecule has 0 unspecified atom stereocenters. The molecule has 13 rings (SSSR count). The fourth-order valence-corrected chi connectivity index (χ4v) is 14.0. The van der Waals surface area contributed by atoms with Crippen molar-refractivity contribution in [2.45, 2.75) is 105 Å². The van der Waals surface area contributed by atoms with Crippen molar-refractivity contribution in [1.82, 2.24) is 0 Å². The Labute approximate surface area is 505 Å². The molecule has 0 aliphatic heterocycles. The van der Waals surface area contributed by atoms with Crippen molar-refractivity contribution in [2.75, 3.05) is 4.90 Å². The highest BCUT2D eigenvalue weighted by Crippen LogP contribution is 2.61. The molecule has 418 valence electrons. The zero-order chi connectivity index (χ0) is 58.9. The molecule has 0 saturated carbocycles. The molecule has 85 heavy (non-hydrogen) atoms. The first kappa shape index (κ1) is 55.2. The molecular formula is C84H77N. The number of aryl methyl sites for hydroxylation is 3. The Balaban J connectivity index is 1.15. The second kappa shape index (κ2) is 21.5. The average molecular weight is 1100 g/mol. The molecule has 0 bridgehead atoms. The van der Waals surface area contributed by atoms with Gasteiger partial charge in [0.15, 0.2) is 0 Å². The van der Waals surface area contributed by atoms with E-state index in [0.717, 1.165) is 23.5 Å². The van der Waals surface area contributed by atoms with Crippen LogP contribution in [0, 0.1) is 13.8 Å². The summed E-state index contributed by atoms with van der Waals surface area (Å²) in [6, 6.07) is 95.5. The molecule has 0 atom stereocenters. The van der Waals surface area contributed by atoms with Crippen molar-refractivity contribution in [3.05, 3.63) is 304 Å². The molecule has 0 fully saturated rings. The third kappa shape index (κ3) is 9.50. The highest BCUT2D eigenvalue weighted by molar-refractivity contribution is 6.15. The van der Waals surface area contributed by atoms with Crippen LogP contribution in [0.25, 0.3) is 77.2 Å². The van der Waals surface area contributed by atoms with Gasteiger partial charge in [-0.05, 0) is 212 Å². The molecule has 1 heteroatoms. The van der Waals surface area contributed by atoms with Gasteiger partial charge in [0.1, 0.15) is 0 Å². The number of rotatable bonds is 11. The van der Waals surface area contributed by atoms with Gasteiger partial charge in [-0.1, -0.05) is 269 Å². The van der Waals surface area contributed by atoms with Gasteiger partial charge in [0.2, 0.25) is 0 Å². The van der Waals surface area contributed by atoms with Gasteiger partial charge in [-0.3, -0.25) is 0 Å². The summed E-state index contributed by atoms with van der Waals surface area (Å²) in [6.07, 6.45) is 0.926. The van der Waals surface area contributed by atoms with Gasteiger partial charge in [-0.25, -0.2) is 0 Å². The molecule has 0 spiro atoms. The lowest BCUT2D eigenvalue weighted by atomic mass is 9.66. The molecule has 0 saturated heterocycles. The topological polar surface area (TPSA) is 3.24 Å². The van der Waals surface area contributed by atoms with E-state index in [1.807, 2.05) is 0 Å². The minimum absolute atomic E-state index is 0.0394. The van der Waals surface area contributed by atoms with Crippen LogP contribution < -0.4 is 4.90 Å². The summed E-state index contributed by atoms with van der Waals surface area (Å²) in [5.41, 5.74) is 27.9. The Bertz CT molecular complexity index is 4440. The predicted molar refractivity (Wildman–Crippen MR) is 366 cm³/mol. The molecule has 0 radical (unpaired) electrons. The summed E-state index contributed by atoms with van der Waals surface area (Å²) >= 11 is 0. The van der Waals surface area contributed by atoms with Crippen molar-refractivity contribution in [3.8, 4) is 55.6 Å². The zero-order valence-corrected chi connectivity index (χ0v) is 51.4. The monoisotopic (exact) mass is 1100 g/mol. The first-order valence-electron chi connectivity index (χ1n) is 30.7. The number of benzene rings is 12. The summed E-state index contributed by atoms with van der Waals surface area (Å²) in [4.78, 5) is 2.55. The van der Waals surface area contributed by atoms with Gasteiger partial charge in [-0.15, -0.1) is 0 Å². The summed E-state index contributed by atoms with van der Waals surface area (Å²) in [5, 5.41) is 4.98. The lowest BCUT2D eigenvalue weighted by molar-refractivity contribution is 0.588. The fourth-order valence-electron chi connectivity index (χ4n) is 14.0. The maximum absolute atomic E-state index is 2.60. The molecular weight excluding hydrogens is 1020 g/mol. The molecule has 1 aliphatic rings. The molecule has 0 aromatic heterocycles. The van der Waals surface area contributed by atoms with Crippen molar-refractivity contribution in [2.24, 2.45) is 0 Å². The normalized spacial score (nSPS) is 12.9. The van der Waals surface area contributed by atoms with Crippen LogP contribution in [-0.4, -0.2) is 0 Å². The van der Waals surface area contributed by atoms with Crippen LogP contribution in [-0.2, 0) is 22.7 Å². The lowest BCUT2D eigenvalue weighted by Gasteiger charge is -2.36. The minimum Gasteiger partial charge on any atom is -0.310 e. The van der Waals surface area contributed by atoms with Crippen LogP contribution in [0.4, 0.5) is 17.1 Å². The van der Waals surface area contributed by atoms with E-state index >= 15 is 0 Å². The highest BCUT2D eigenvalue weighted by atomic mass is 15.1. The fraction of sp³-hybridized carbons (Fsp3) is 0.190. The van der Waals surface area contributed by atoms with Gasteiger partial charge in [0, 0.05) is 17.1 Å². The van der Waals surface area contributed by atoms with E-state index in [4.69, 9.17) is 0 Å². The highest BCUT2D eigenvalue weighted by Gasteiger charge is 2.48. The predicted octanol–water partition coefficient (Wildman–Crippen LogP) is 23.4. The van der Waals surface area contributed by atoms with Crippen LogP contribution in [0.3, 0.4) is 0 Å². The molecule has 12 aromatic rings. The second-order valence-corrected chi connectivity index (χ2v) is 26.2. The van der Waals surface area contributed by atoms with E-state index in [0.29, 0.717) is 5.92 Å². The Morgan fingerprint density at radius 3 is 1.39 bits per heavy atom. The number of fused-ring (bicyclic) bond motifs is 6. The Morgan fingerprint density at radius 2 is 0.824 bits per heavy atom. The number of hydrogen-bond donors (Lipinski definition) is 0. The average Bonchev–Trinajstić information content (AvgIpc) is 1.58. The maximum Gasteiger partial charge on any atom is 0.0714 e. The Kier molecular flexibility index (Phi) is 14.0. The summed E-state index contributed by atoms with van der Waals surface area (Å²) in [5.74, 6) is 0.321. The van der Waals surface area contributed by atoms with Crippen LogP contribution in [0.5, 0.6) is 0 Å². The van der Waals surface area contributed by atoms with E-state index in [1.165, 1.54) is 133 Å². The first-order valence-corrected chi connectivity index (χ1v) is 30.7. The Morgan fingerprint density at radius 1 is 0.365 bits per heavy atom. The largest absolute Gasteiger partial charge is 0.310 e. The SMILES string of the molecule is CCc1ccc(N(c2ccc(C(C)C)c(-c3ccccc3C)c2)c2ccc3c(c2)C(c2ccc(C(C)(C)C)cc2)(c2ccc(C(C)(C)C)cc2)c2cc(-c4ccc(-c5ccccc5)c5ccccc45)c4ccccc4c2-3)cc1-c1ccccc1C. The van der Waals surface area contributed by atoms with E-state index in [2.05, 4.69) is 330 Å². The molecule has 0 N–H and O–H groups in total. The van der Waals surface area contributed by atoms with E-state index in [1.54, 1.807) is 0 Å². The summed E-state index contributed by atoms with van der Waals surface area (Å²) < 4.78 is 0. The number of nitrogens with zero attached hydrogens (tertiary/aromatic N) is 1. The van der Waals surface area contributed by atoms with Gasteiger partial charge < -0.3 is 4.90 Å². The molecule has 12 aromatic carbocycles. The quantitative estimate of drug-likeness (QED) is 0.125.